The minimum absolute atomic E-state index is 0.0720. The van der Waals surface area contributed by atoms with Gasteiger partial charge in [0.1, 0.15) is 0 Å². The molecule has 1 aromatic carbocycles. The Bertz CT molecular complexity index is 954. The van der Waals surface area contributed by atoms with Crippen LogP contribution in [0.25, 0.3) is 0 Å². The fraction of sp³-hybridized carbons (Fsp3) is 0.692. The van der Waals surface area contributed by atoms with Crippen LogP contribution in [0.5, 0.6) is 0 Å². The first kappa shape index (κ1) is 29.3. The predicted octanol–water partition coefficient (Wildman–Crippen LogP) is 3.79. The third kappa shape index (κ3) is 7.27. The molecule has 2 N–H and O–H groups in total. The quantitative estimate of drug-likeness (QED) is 0.349. The number of nitrogens with one attached hydrogen (secondary N) is 1. The molecule has 1 heterocycles. The van der Waals surface area contributed by atoms with E-state index in [1.165, 1.54) is 7.05 Å². The zero-order valence-electron chi connectivity index (χ0n) is 22.1. The van der Waals surface area contributed by atoms with Crippen molar-refractivity contribution in [1.82, 2.24) is 14.7 Å². The molecule has 2 amide bonds. The van der Waals surface area contributed by atoms with Crippen LogP contribution in [-0.2, 0) is 25.0 Å². The van der Waals surface area contributed by atoms with Crippen LogP contribution < -0.4 is 5.48 Å². The fourth-order valence-corrected chi connectivity index (χ4v) is 5.80. The molecular formula is C26H43N3O5S. The molecule has 1 saturated heterocycles. The van der Waals surface area contributed by atoms with Crippen LogP contribution in [0.1, 0.15) is 72.3 Å². The lowest BCUT2D eigenvalue weighted by Crippen LogP contribution is -2.49. The molecule has 0 unspecified atom stereocenters. The van der Waals surface area contributed by atoms with E-state index in [9.17, 15) is 23.2 Å². The summed E-state index contributed by atoms with van der Waals surface area (Å²) in [5.41, 5.74) is 2.65. The molecule has 0 radical (unpaired) electrons. The van der Waals surface area contributed by atoms with Gasteiger partial charge in [0.2, 0.25) is 21.8 Å². The first-order chi connectivity index (χ1) is 16.3. The van der Waals surface area contributed by atoms with Gasteiger partial charge in [0, 0.05) is 26.7 Å². The number of carbonyl (C=O) groups is 2. The summed E-state index contributed by atoms with van der Waals surface area (Å²) in [5, 5.41) is 9.45. The Hall–Kier alpha value is -1.97. The zero-order chi connectivity index (χ0) is 26.4. The minimum atomic E-state index is -3.91. The van der Waals surface area contributed by atoms with Crippen LogP contribution in [0.3, 0.4) is 0 Å². The molecular weight excluding hydrogens is 466 g/mol. The fourth-order valence-electron chi connectivity index (χ4n) is 4.61. The van der Waals surface area contributed by atoms with Gasteiger partial charge in [0.15, 0.2) is 0 Å². The van der Waals surface area contributed by atoms with Crippen molar-refractivity contribution in [1.29, 1.82) is 0 Å². The molecule has 35 heavy (non-hydrogen) atoms. The highest BCUT2D eigenvalue weighted by Gasteiger charge is 2.39. The van der Waals surface area contributed by atoms with E-state index in [1.807, 2.05) is 26.0 Å². The van der Waals surface area contributed by atoms with E-state index in [1.54, 1.807) is 22.5 Å². The average Bonchev–Trinajstić information content (AvgIpc) is 2.85. The Morgan fingerprint density at radius 3 is 2.14 bits per heavy atom. The molecule has 1 aliphatic rings. The second-order valence-corrected chi connectivity index (χ2v) is 12.8. The van der Waals surface area contributed by atoms with E-state index in [4.69, 9.17) is 0 Å². The van der Waals surface area contributed by atoms with Crippen molar-refractivity contribution in [2.45, 2.75) is 77.0 Å². The first-order valence-corrected chi connectivity index (χ1v) is 14.1. The smallest absolute Gasteiger partial charge is 0.248 e. The summed E-state index contributed by atoms with van der Waals surface area (Å²) < 4.78 is 27.8. The highest BCUT2D eigenvalue weighted by Crippen LogP contribution is 2.30. The number of rotatable bonds is 11. The van der Waals surface area contributed by atoms with Crippen molar-refractivity contribution in [3.05, 3.63) is 29.8 Å². The van der Waals surface area contributed by atoms with Gasteiger partial charge in [-0.05, 0) is 61.1 Å². The summed E-state index contributed by atoms with van der Waals surface area (Å²) in [7, 11) is -2.50. The van der Waals surface area contributed by atoms with E-state index < -0.39 is 27.8 Å². The van der Waals surface area contributed by atoms with Gasteiger partial charge >= 0.3 is 0 Å². The number of piperidine rings is 1. The number of carbonyl (C=O) groups excluding carboxylic acids is 2. The molecule has 0 spiro atoms. The SMILES string of the molecule is CCC(C)(C)c1ccc(S(=O)(=O)N(C)C[C@H](C(=O)NO)[C@@H](CC(C)C)C(=O)N2CCCCC2)cc1. The van der Waals surface area contributed by atoms with E-state index in [0.717, 1.165) is 35.6 Å². The number of nitrogens with zero attached hydrogens (tertiary/aromatic N) is 2. The van der Waals surface area contributed by atoms with Crippen molar-refractivity contribution in [2.75, 3.05) is 26.7 Å². The molecule has 0 aliphatic carbocycles. The summed E-state index contributed by atoms with van der Waals surface area (Å²) in [6.07, 6.45) is 4.22. The van der Waals surface area contributed by atoms with Crippen LogP contribution in [-0.4, -0.2) is 61.3 Å². The van der Waals surface area contributed by atoms with Crippen molar-refractivity contribution in [2.24, 2.45) is 17.8 Å². The molecule has 198 valence electrons. The van der Waals surface area contributed by atoms with Gasteiger partial charge in [-0.15, -0.1) is 0 Å². The van der Waals surface area contributed by atoms with Gasteiger partial charge in [-0.3, -0.25) is 14.8 Å². The van der Waals surface area contributed by atoms with Gasteiger partial charge in [-0.1, -0.05) is 46.8 Å². The second kappa shape index (κ2) is 12.3. The maximum atomic E-state index is 13.5. The third-order valence-corrected chi connectivity index (χ3v) is 9.16. The zero-order valence-corrected chi connectivity index (χ0v) is 22.9. The van der Waals surface area contributed by atoms with Crippen LogP contribution in [0.15, 0.2) is 29.2 Å². The first-order valence-electron chi connectivity index (χ1n) is 12.6. The van der Waals surface area contributed by atoms with Crippen LogP contribution in [0.4, 0.5) is 0 Å². The summed E-state index contributed by atoms with van der Waals surface area (Å²) in [5.74, 6) is -2.54. The highest BCUT2D eigenvalue weighted by molar-refractivity contribution is 7.89. The maximum Gasteiger partial charge on any atom is 0.248 e. The molecule has 2 atom stereocenters. The van der Waals surface area contributed by atoms with Gasteiger partial charge < -0.3 is 4.90 Å². The van der Waals surface area contributed by atoms with Crippen LogP contribution in [0, 0.1) is 17.8 Å². The number of hydrogen-bond donors (Lipinski definition) is 2. The van der Waals surface area contributed by atoms with Gasteiger partial charge in [0.25, 0.3) is 0 Å². The Morgan fingerprint density at radius 2 is 1.66 bits per heavy atom. The standard InChI is InChI=1S/C26H43N3O5S/c1-7-26(4,5)20-11-13-21(14-12-20)35(33,34)28(6)18-23(24(30)27-32)22(17-19(2)3)25(31)29-15-9-8-10-16-29/h11-14,19,22-23,32H,7-10,15-18H2,1-6H3,(H,27,30)/t22-,23+/m1/s1. The van der Waals surface area contributed by atoms with Crippen LogP contribution >= 0.6 is 0 Å². The predicted molar refractivity (Wildman–Crippen MR) is 136 cm³/mol. The monoisotopic (exact) mass is 509 g/mol. The lowest BCUT2D eigenvalue weighted by atomic mass is 9.82. The minimum Gasteiger partial charge on any atom is -0.342 e. The van der Waals surface area contributed by atoms with E-state index >= 15 is 0 Å². The largest absolute Gasteiger partial charge is 0.342 e. The average molecular weight is 510 g/mol. The van der Waals surface area contributed by atoms with Crippen molar-refractivity contribution < 1.29 is 23.2 Å². The number of likely N-dealkylation sites (tertiary alicyclic amines) is 1. The maximum absolute atomic E-state index is 13.5. The summed E-state index contributed by atoms with van der Waals surface area (Å²) in [4.78, 5) is 28.1. The Labute approximate surface area is 211 Å². The van der Waals surface area contributed by atoms with Gasteiger partial charge in [-0.2, -0.15) is 0 Å². The van der Waals surface area contributed by atoms with Crippen molar-refractivity contribution in [3.8, 4) is 0 Å². The topological polar surface area (TPSA) is 107 Å². The normalized spacial score (nSPS) is 16.9. The Kier molecular flexibility index (Phi) is 10.3. The number of hydrogen-bond acceptors (Lipinski definition) is 5. The van der Waals surface area contributed by atoms with Crippen molar-refractivity contribution >= 4 is 21.8 Å². The number of benzene rings is 1. The Balaban J connectivity index is 2.33. The third-order valence-electron chi connectivity index (χ3n) is 7.32. The molecule has 8 nitrogen and oxygen atoms in total. The van der Waals surface area contributed by atoms with E-state index in [2.05, 4.69) is 20.8 Å². The number of sulfonamides is 1. The molecule has 1 fully saturated rings. The molecule has 0 bridgehead atoms. The summed E-state index contributed by atoms with van der Waals surface area (Å²) in [6.45, 7) is 11.3. The molecule has 9 heteroatoms. The Morgan fingerprint density at radius 1 is 1.09 bits per heavy atom. The highest BCUT2D eigenvalue weighted by atomic mass is 32.2. The lowest BCUT2D eigenvalue weighted by Gasteiger charge is -2.35. The molecule has 1 aromatic rings. The molecule has 2 rings (SSSR count). The summed E-state index contributed by atoms with van der Waals surface area (Å²) >= 11 is 0. The summed E-state index contributed by atoms with van der Waals surface area (Å²) in [6, 6.07) is 6.82. The molecule has 0 saturated carbocycles. The van der Waals surface area contributed by atoms with Crippen molar-refractivity contribution in [3.63, 3.8) is 0 Å². The van der Waals surface area contributed by atoms with Gasteiger partial charge in [-0.25, -0.2) is 18.2 Å². The molecule has 1 aliphatic heterocycles. The number of amides is 2. The van der Waals surface area contributed by atoms with Gasteiger partial charge in [0.05, 0.1) is 16.7 Å². The number of hydroxylamine groups is 1. The van der Waals surface area contributed by atoms with E-state index in [0.29, 0.717) is 19.5 Å². The van der Waals surface area contributed by atoms with E-state index in [-0.39, 0.29) is 28.7 Å². The molecule has 0 aromatic heterocycles. The van der Waals surface area contributed by atoms with Crippen LogP contribution in [0.2, 0.25) is 0 Å². The lowest BCUT2D eigenvalue weighted by molar-refractivity contribution is -0.146. The second-order valence-electron chi connectivity index (χ2n) is 10.8.